The Bertz CT molecular complexity index is 890. The van der Waals surface area contributed by atoms with Gasteiger partial charge in [-0.05, 0) is 24.3 Å². The number of nitrogens with one attached hydrogen (secondary N) is 2. The fraction of sp³-hybridized carbons (Fsp3) is 0.211. The summed E-state index contributed by atoms with van der Waals surface area (Å²) in [5.74, 6) is 0.224. The zero-order valence-electron chi connectivity index (χ0n) is 15.6. The quantitative estimate of drug-likeness (QED) is 0.692. The van der Waals surface area contributed by atoms with Gasteiger partial charge in [0.1, 0.15) is 11.5 Å². The second kappa shape index (κ2) is 9.68. The fourth-order valence-electron chi connectivity index (χ4n) is 2.21. The van der Waals surface area contributed by atoms with E-state index in [1.165, 1.54) is 33.5 Å². The summed E-state index contributed by atoms with van der Waals surface area (Å²) in [7, 11) is 4.31. The monoisotopic (exact) mass is 385 g/mol. The van der Waals surface area contributed by atoms with Crippen molar-refractivity contribution in [3.63, 3.8) is 0 Å². The Morgan fingerprint density at radius 1 is 0.929 bits per heavy atom. The minimum atomic E-state index is -0.607. The Hall–Kier alpha value is -3.93. The second-order valence-corrected chi connectivity index (χ2v) is 5.33. The molecule has 0 saturated carbocycles. The molecular weight excluding hydrogens is 366 g/mol. The molecule has 0 saturated heterocycles. The molecule has 28 heavy (non-hydrogen) atoms. The predicted molar refractivity (Wildman–Crippen MR) is 98.4 cm³/mol. The van der Waals surface area contributed by atoms with Crippen molar-refractivity contribution in [1.82, 2.24) is 10.9 Å². The molecule has 146 valence electrons. The van der Waals surface area contributed by atoms with E-state index in [9.17, 15) is 9.59 Å². The van der Waals surface area contributed by atoms with Crippen LogP contribution in [0.2, 0.25) is 0 Å². The lowest BCUT2D eigenvalue weighted by Gasteiger charge is -2.14. The maximum absolute atomic E-state index is 12.4. The maximum atomic E-state index is 12.4. The smallest absolute Gasteiger partial charge is 0.276 e. The lowest BCUT2D eigenvalue weighted by molar-refractivity contribution is -0.123. The van der Waals surface area contributed by atoms with Crippen molar-refractivity contribution in [2.75, 3.05) is 27.9 Å². The highest BCUT2D eigenvalue weighted by Gasteiger charge is 2.18. The number of hydrazine groups is 1. The average Bonchev–Trinajstić information content (AvgIpc) is 2.75. The van der Waals surface area contributed by atoms with Gasteiger partial charge >= 0.3 is 0 Å². The van der Waals surface area contributed by atoms with Gasteiger partial charge in [0.25, 0.3) is 11.8 Å². The minimum Gasteiger partial charge on any atom is -0.496 e. The topological polar surface area (TPSA) is 119 Å². The molecule has 0 radical (unpaired) electrons. The second-order valence-electron chi connectivity index (χ2n) is 5.33. The fourth-order valence-corrected chi connectivity index (χ4v) is 2.21. The van der Waals surface area contributed by atoms with Gasteiger partial charge in [0.15, 0.2) is 18.1 Å². The third-order valence-corrected chi connectivity index (χ3v) is 3.62. The normalized spacial score (nSPS) is 9.64. The van der Waals surface area contributed by atoms with Crippen molar-refractivity contribution in [3.8, 4) is 29.1 Å². The molecule has 0 fully saturated rings. The van der Waals surface area contributed by atoms with Crippen molar-refractivity contribution in [1.29, 1.82) is 5.26 Å². The standard InChI is InChI=1S/C19H19N3O6/c1-25-15-9-17(27-3)16(26-2)8-14(15)19(24)22-21-18(23)11-28-13-6-4-12(10-20)5-7-13/h4-9H,11H2,1-3H3,(H,21,23)(H,22,24). The van der Waals surface area contributed by atoms with Crippen LogP contribution in [0.3, 0.4) is 0 Å². The van der Waals surface area contributed by atoms with Crippen molar-refractivity contribution in [3.05, 3.63) is 47.5 Å². The van der Waals surface area contributed by atoms with Crippen LogP contribution in [-0.4, -0.2) is 39.8 Å². The third-order valence-electron chi connectivity index (χ3n) is 3.62. The van der Waals surface area contributed by atoms with E-state index in [0.717, 1.165) is 0 Å². The number of rotatable bonds is 7. The number of methoxy groups -OCH3 is 3. The van der Waals surface area contributed by atoms with Gasteiger partial charge in [0.2, 0.25) is 0 Å². The number of nitrogens with zero attached hydrogens (tertiary/aromatic N) is 1. The van der Waals surface area contributed by atoms with Gasteiger partial charge in [0.05, 0.1) is 38.5 Å². The molecular formula is C19H19N3O6. The largest absolute Gasteiger partial charge is 0.496 e. The summed E-state index contributed by atoms with van der Waals surface area (Å²) < 4.78 is 20.8. The zero-order chi connectivity index (χ0) is 20.5. The molecule has 0 atom stereocenters. The predicted octanol–water partition coefficient (Wildman–Crippen LogP) is 1.42. The highest BCUT2D eigenvalue weighted by atomic mass is 16.5. The van der Waals surface area contributed by atoms with E-state index in [1.54, 1.807) is 24.3 Å². The van der Waals surface area contributed by atoms with Crippen LogP contribution in [0.15, 0.2) is 36.4 Å². The van der Waals surface area contributed by atoms with E-state index >= 15 is 0 Å². The van der Waals surface area contributed by atoms with Crippen molar-refractivity contribution >= 4 is 11.8 Å². The van der Waals surface area contributed by atoms with E-state index in [1.807, 2.05) is 6.07 Å². The molecule has 2 aromatic rings. The first-order valence-electron chi connectivity index (χ1n) is 8.04. The molecule has 9 nitrogen and oxygen atoms in total. The first kappa shape index (κ1) is 20.4. The van der Waals surface area contributed by atoms with E-state index in [4.69, 9.17) is 24.2 Å². The first-order valence-corrected chi connectivity index (χ1v) is 8.04. The number of nitriles is 1. The van der Waals surface area contributed by atoms with Crippen molar-refractivity contribution < 1.29 is 28.5 Å². The lowest BCUT2D eigenvalue weighted by atomic mass is 10.1. The van der Waals surface area contributed by atoms with Gasteiger partial charge in [0, 0.05) is 12.1 Å². The molecule has 0 bridgehead atoms. The highest BCUT2D eigenvalue weighted by molar-refractivity contribution is 5.98. The molecule has 0 unspecified atom stereocenters. The van der Waals surface area contributed by atoms with E-state index in [-0.39, 0.29) is 17.9 Å². The van der Waals surface area contributed by atoms with Gasteiger partial charge < -0.3 is 18.9 Å². The van der Waals surface area contributed by atoms with Crippen LogP contribution < -0.4 is 29.8 Å². The number of hydrogen-bond donors (Lipinski definition) is 2. The summed E-state index contributed by atoms with van der Waals surface area (Å²) >= 11 is 0. The van der Waals surface area contributed by atoms with Crippen LogP contribution in [0.5, 0.6) is 23.0 Å². The summed E-state index contributed by atoms with van der Waals surface area (Å²) in [6.45, 7) is -0.324. The Balaban J connectivity index is 1.95. The van der Waals surface area contributed by atoms with E-state index in [2.05, 4.69) is 10.9 Å². The molecule has 2 amide bonds. The highest BCUT2D eigenvalue weighted by Crippen LogP contribution is 2.34. The molecule has 9 heteroatoms. The number of carbonyl (C=O) groups is 2. The molecule has 0 aliphatic rings. The molecule has 2 rings (SSSR count). The molecule has 0 aliphatic heterocycles. The maximum Gasteiger partial charge on any atom is 0.276 e. The van der Waals surface area contributed by atoms with Crippen LogP contribution in [0.1, 0.15) is 15.9 Å². The summed E-state index contributed by atoms with van der Waals surface area (Å²) in [5, 5.41) is 8.74. The zero-order valence-corrected chi connectivity index (χ0v) is 15.6. The summed E-state index contributed by atoms with van der Waals surface area (Å²) in [4.78, 5) is 24.2. The Morgan fingerprint density at radius 2 is 1.54 bits per heavy atom. The Labute approximate surface area is 161 Å². The SMILES string of the molecule is COc1cc(OC)c(C(=O)NNC(=O)COc2ccc(C#N)cc2)cc1OC. The number of benzene rings is 2. The summed E-state index contributed by atoms with van der Waals surface area (Å²) in [5.41, 5.74) is 5.15. The van der Waals surface area contributed by atoms with Crippen molar-refractivity contribution in [2.24, 2.45) is 0 Å². The van der Waals surface area contributed by atoms with Gasteiger partial charge in [-0.2, -0.15) is 5.26 Å². The molecule has 0 aromatic heterocycles. The van der Waals surface area contributed by atoms with Crippen LogP contribution in [0.4, 0.5) is 0 Å². The molecule has 2 aromatic carbocycles. The van der Waals surface area contributed by atoms with Crippen LogP contribution in [0, 0.1) is 11.3 Å². The van der Waals surface area contributed by atoms with E-state index in [0.29, 0.717) is 22.8 Å². The third kappa shape index (κ3) is 5.04. The van der Waals surface area contributed by atoms with Gasteiger partial charge in [-0.3, -0.25) is 20.4 Å². The lowest BCUT2D eigenvalue weighted by Crippen LogP contribution is -2.43. The average molecular weight is 385 g/mol. The number of amides is 2. The molecule has 2 N–H and O–H groups in total. The van der Waals surface area contributed by atoms with Crippen LogP contribution >= 0.6 is 0 Å². The van der Waals surface area contributed by atoms with Gasteiger partial charge in [-0.1, -0.05) is 0 Å². The summed E-state index contributed by atoms with van der Waals surface area (Å²) in [6.07, 6.45) is 0. The molecule has 0 spiro atoms. The molecule has 0 aliphatic carbocycles. The Morgan fingerprint density at radius 3 is 2.11 bits per heavy atom. The van der Waals surface area contributed by atoms with Gasteiger partial charge in [-0.15, -0.1) is 0 Å². The molecule has 0 heterocycles. The summed E-state index contributed by atoms with van der Waals surface area (Å²) in [6, 6.07) is 11.2. The van der Waals surface area contributed by atoms with Crippen LogP contribution in [0.25, 0.3) is 0 Å². The number of ether oxygens (including phenoxy) is 4. The van der Waals surface area contributed by atoms with E-state index < -0.39 is 11.8 Å². The first-order chi connectivity index (χ1) is 13.5. The Kier molecular flexibility index (Phi) is 7.05. The number of carbonyl (C=O) groups excluding carboxylic acids is 2. The number of hydrogen-bond acceptors (Lipinski definition) is 7. The minimum absolute atomic E-state index is 0.147. The van der Waals surface area contributed by atoms with Crippen molar-refractivity contribution in [2.45, 2.75) is 0 Å². The van der Waals surface area contributed by atoms with Crippen LogP contribution in [-0.2, 0) is 4.79 Å². The van der Waals surface area contributed by atoms with Gasteiger partial charge in [-0.25, -0.2) is 0 Å².